The Bertz CT molecular complexity index is 1620. The van der Waals surface area contributed by atoms with Gasteiger partial charge in [0.1, 0.15) is 12.7 Å². The van der Waals surface area contributed by atoms with Crippen molar-refractivity contribution in [2.24, 2.45) is 0 Å². The third kappa shape index (κ3) is 7.82. The number of ether oxygens (including phenoxy) is 5. The summed E-state index contributed by atoms with van der Waals surface area (Å²) in [6.45, 7) is 4.24. The van der Waals surface area contributed by atoms with Crippen LogP contribution in [-0.4, -0.2) is 69.9 Å². The number of carbonyl (C=O) groups is 4. The minimum absolute atomic E-state index is 0.146. The second kappa shape index (κ2) is 14.0. The van der Waals surface area contributed by atoms with Crippen molar-refractivity contribution in [1.82, 2.24) is 9.55 Å². The predicted octanol–water partition coefficient (Wildman–Crippen LogP) is 4.09. The summed E-state index contributed by atoms with van der Waals surface area (Å²) in [5, 5.41) is 0.462. The third-order valence-corrected chi connectivity index (χ3v) is 8.20. The summed E-state index contributed by atoms with van der Waals surface area (Å²) in [4.78, 5) is 66.9. The number of fused-ring (bicyclic) bond motifs is 1. The van der Waals surface area contributed by atoms with Gasteiger partial charge in [-0.3, -0.25) is 28.5 Å². The zero-order valence-corrected chi connectivity index (χ0v) is 27.3. The van der Waals surface area contributed by atoms with Gasteiger partial charge in [0.05, 0.1) is 16.6 Å². The Morgan fingerprint density at radius 3 is 2.09 bits per heavy atom. The number of benzene rings is 2. The van der Waals surface area contributed by atoms with Crippen molar-refractivity contribution in [1.29, 1.82) is 0 Å². The number of esters is 4. The molecule has 15 heteroatoms. The molecule has 1 aromatic heterocycles. The summed E-state index contributed by atoms with van der Waals surface area (Å²) in [5.41, 5.74) is -0.736. The van der Waals surface area contributed by atoms with E-state index >= 15 is 0 Å². The van der Waals surface area contributed by atoms with Crippen LogP contribution in [0.4, 0.5) is 0 Å². The smallest absolute Gasteiger partial charge is 0.303 e. The topological polar surface area (TPSA) is 149 Å². The van der Waals surface area contributed by atoms with E-state index in [1.807, 2.05) is 0 Å². The largest absolute Gasteiger partial charge is 0.463 e. The van der Waals surface area contributed by atoms with Crippen LogP contribution in [0.3, 0.4) is 0 Å². The number of hydrogen-bond donors (Lipinski definition) is 0. The lowest BCUT2D eigenvalue weighted by atomic mass is 9.99. The first-order valence-corrected chi connectivity index (χ1v) is 15.3. The third-order valence-electron chi connectivity index (χ3n) is 6.04. The van der Waals surface area contributed by atoms with Crippen molar-refractivity contribution in [3.8, 4) is 5.69 Å². The summed E-state index contributed by atoms with van der Waals surface area (Å²) in [6.07, 6.45) is -5.16. The Morgan fingerprint density at radius 1 is 0.884 bits per heavy atom. The van der Waals surface area contributed by atoms with Crippen LogP contribution in [0.25, 0.3) is 16.6 Å². The van der Waals surface area contributed by atoms with Crippen LogP contribution in [-0.2, 0) is 42.9 Å². The molecule has 3 aromatic rings. The van der Waals surface area contributed by atoms with E-state index in [-0.39, 0.29) is 11.8 Å². The van der Waals surface area contributed by atoms with Crippen molar-refractivity contribution >= 4 is 78.4 Å². The first-order valence-electron chi connectivity index (χ1n) is 12.8. The highest BCUT2D eigenvalue weighted by atomic mass is 79.9. The second-order valence-electron chi connectivity index (χ2n) is 9.34. The van der Waals surface area contributed by atoms with Crippen LogP contribution in [0.5, 0.6) is 0 Å². The van der Waals surface area contributed by atoms with Gasteiger partial charge in [-0.05, 0) is 40.2 Å². The van der Waals surface area contributed by atoms with Crippen LogP contribution in [0.1, 0.15) is 27.7 Å². The molecule has 0 aliphatic carbocycles. The molecule has 0 saturated carbocycles. The minimum atomic E-state index is -1.36. The van der Waals surface area contributed by atoms with Gasteiger partial charge in [0, 0.05) is 36.6 Å². The highest BCUT2D eigenvalue weighted by Crippen LogP contribution is 2.38. The molecule has 1 aliphatic rings. The van der Waals surface area contributed by atoms with Crippen LogP contribution in [0, 0.1) is 0 Å². The number of para-hydroxylation sites is 1. The Morgan fingerprint density at radius 2 is 1.49 bits per heavy atom. The predicted molar refractivity (Wildman–Crippen MR) is 161 cm³/mol. The van der Waals surface area contributed by atoms with Gasteiger partial charge in [-0.2, -0.15) is 0 Å². The van der Waals surface area contributed by atoms with Crippen LogP contribution < -0.4 is 5.56 Å². The maximum Gasteiger partial charge on any atom is 0.303 e. The molecule has 0 spiro atoms. The van der Waals surface area contributed by atoms with Crippen molar-refractivity contribution < 1.29 is 42.9 Å². The lowest BCUT2D eigenvalue weighted by Gasteiger charge is -2.44. The maximum atomic E-state index is 13.9. The molecule has 1 aliphatic heterocycles. The van der Waals surface area contributed by atoms with Gasteiger partial charge in [-0.25, -0.2) is 4.98 Å². The van der Waals surface area contributed by atoms with E-state index in [1.165, 1.54) is 11.5 Å². The van der Waals surface area contributed by atoms with E-state index in [9.17, 15) is 24.0 Å². The van der Waals surface area contributed by atoms with Crippen LogP contribution in [0.2, 0.25) is 0 Å². The molecule has 228 valence electrons. The van der Waals surface area contributed by atoms with Gasteiger partial charge < -0.3 is 23.7 Å². The van der Waals surface area contributed by atoms with Gasteiger partial charge in [0.15, 0.2) is 28.9 Å². The standard InChI is InChI=1S/C28H26Br2N2O10S/c1-13(33)38-12-21-23(39-14(2)34)24(40-15(3)35)25(41-16(4)36)27(42-21)43-28-31-22-19(10-17(29)11-20(22)30)26(37)32(28)18-8-6-5-7-9-18/h5-11,21,23-25,27H,12H2,1-4H3/t21-,23-,24+,25-,27+/m1/s1. The fraction of sp³-hybridized carbons (Fsp3) is 0.357. The molecule has 0 bridgehead atoms. The molecule has 0 N–H and O–H groups in total. The molecule has 1 saturated heterocycles. The molecule has 43 heavy (non-hydrogen) atoms. The lowest BCUT2D eigenvalue weighted by molar-refractivity contribution is -0.237. The zero-order chi connectivity index (χ0) is 31.4. The molecule has 2 aromatic carbocycles. The molecule has 1 fully saturated rings. The Kier molecular flexibility index (Phi) is 10.6. The first-order chi connectivity index (χ1) is 20.3. The number of aromatic nitrogens is 2. The molecule has 0 unspecified atom stereocenters. The molecular formula is C28H26Br2N2O10S. The van der Waals surface area contributed by atoms with E-state index in [0.29, 0.717) is 25.5 Å². The van der Waals surface area contributed by atoms with E-state index in [4.69, 9.17) is 28.7 Å². The lowest BCUT2D eigenvalue weighted by Crippen LogP contribution is -2.61. The maximum absolute atomic E-state index is 13.9. The monoisotopic (exact) mass is 740 g/mol. The van der Waals surface area contributed by atoms with Crippen molar-refractivity contribution in [2.75, 3.05) is 6.61 Å². The summed E-state index contributed by atoms with van der Waals surface area (Å²) < 4.78 is 30.5. The van der Waals surface area contributed by atoms with E-state index in [1.54, 1.807) is 42.5 Å². The first kappa shape index (κ1) is 32.6. The number of rotatable bonds is 8. The van der Waals surface area contributed by atoms with Gasteiger partial charge in [-0.1, -0.05) is 45.9 Å². The van der Waals surface area contributed by atoms with E-state index < -0.39 is 59.3 Å². The van der Waals surface area contributed by atoms with Crippen LogP contribution >= 0.6 is 43.6 Å². The summed E-state index contributed by atoms with van der Waals surface area (Å²) >= 11 is 7.80. The Labute approximate surface area is 266 Å². The molecule has 0 amide bonds. The summed E-state index contributed by atoms with van der Waals surface area (Å²) in [5.74, 6) is -2.87. The SMILES string of the molecule is CC(=O)OC[C@H]1O[C@@H](Sc2nc3c(Br)cc(Br)cc3c(=O)n2-c2ccccc2)[C@H](OC(C)=O)[C@@H](OC(C)=O)[C@@H]1OC(C)=O. The fourth-order valence-electron chi connectivity index (χ4n) is 4.47. The number of thioether (sulfide) groups is 1. The van der Waals surface area contributed by atoms with Gasteiger partial charge in [0.25, 0.3) is 5.56 Å². The van der Waals surface area contributed by atoms with Crippen molar-refractivity contribution in [2.45, 2.75) is 62.7 Å². The van der Waals surface area contributed by atoms with Gasteiger partial charge in [-0.15, -0.1) is 0 Å². The van der Waals surface area contributed by atoms with Crippen molar-refractivity contribution in [3.05, 3.63) is 61.8 Å². The Balaban J connectivity index is 1.90. The molecule has 5 atom stereocenters. The summed E-state index contributed by atoms with van der Waals surface area (Å²) in [7, 11) is 0. The highest BCUT2D eigenvalue weighted by Gasteiger charge is 2.53. The number of halogens is 2. The number of hydrogen-bond acceptors (Lipinski definition) is 12. The van der Waals surface area contributed by atoms with Gasteiger partial charge >= 0.3 is 23.9 Å². The molecule has 0 radical (unpaired) electrons. The van der Waals surface area contributed by atoms with Gasteiger partial charge in [0.2, 0.25) is 0 Å². The van der Waals surface area contributed by atoms with Crippen molar-refractivity contribution in [3.63, 3.8) is 0 Å². The van der Waals surface area contributed by atoms with Crippen LogP contribution in [0.15, 0.2) is 61.4 Å². The second-order valence-corrected chi connectivity index (χ2v) is 12.2. The Hall–Kier alpha value is -3.27. The molecule has 2 heterocycles. The fourth-order valence-corrected chi connectivity index (χ4v) is 6.97. The average molecular weight is 742 g/mol. The highest BCUT2D eigenvalue weighted by molar-refractivity contribution is 9.11. The minimum Gasteiger partial charge on any atom is -0.463 e. The van der Waals surface area contributed by atoms with E-state index in [2.05, 4.69) is 31.9 Å². The normalized spacial score (nSPS) is 21.6. The molecular weight excluding hydrogens is 716 g/mol. The van der Waals surface area contributed by atoms with E-state index in [0.717, 1.165) is 32.5 Å². The average Bonchev–Trinajstić information content (AvgIpc) is 2.91. The quantitative estimate of drug-likeness (QED) is 0.186. The summed E-state index contributed by atoms with van der Waals surface area (Å²) in [6, 6.07) is 12.1. The molecule has 12 nitrogen and oxygen atoms in total. The number of carbonyl (C=O) groups excluding carboxylic acids is 4. The molecule has 4 rings (SSSR count). The zero-order valence-electron chi connectivity index (χ0n) is 23.3. The number of nitrogens with zero attached hydrogens (tertiary/aromatic N) is 2.